The van der Waals surface area contributed by atoms with Crippen molar-refractivity contribution in [3.8, 4) is 0 Å². The molecule has 5 rings (SSSR count). The molecule has 5 heteroatoms. The van der Waals surface area contributed by atoms with Crippen LogP contribution in [0, 0.1) is 24.7 Å². The molecule has 1 N–H and O–H groups in total. The average Bonchev–Trinajstić information content (AvgIpc) is 2.77. The fraction of sp³-hybridized carbons (Fsp3) is 0.765. The first-order valence-corrected chi connectivity index (χ1v) is 8.63. The van der Waals surface area contributed by atoms with Gasteiger partial charge in [0.2, 0.25) is 5.91 Å². The minimum Gasteiger partial charge on any atom is -0.360 e. The highest BCUT2D eigenvalue weighted by Gasteiger charge is 2.42. The highest BCUT2D eigenvalue weighted by molar-refractivity contribution is 5.89. The van der Waals surface area contributed by atoms with Gasteiger partial charge in [0.15, 0.2) is 5.82 Å². The smallest absolute Gasteiger partial charge is 0.226 e. The van der Waals surface area contributed by atoms with E-state index >= 15 is 0 Å². The van der Waals surface area contributed by atoms with Crippen LogP contribution in [0.4, 0.5) is 5.82 Å². The van der Waals surface area contributed by atoms with E-state index in [9.17, 15) is 4.79 Å². The van der Waals surface area contributed by atoms with Crippen molar-refractivity contribution in [2.75, 3.05) is 18.4 Å². The summed E-state index contributed by atoms with van der Waals surface area (Å²) in [7, 11) is 0. The number of hydrogen-bond acceptors (Lipinski definition) is 4. The first-order chi connectivity index (χ1) is 10.7. The lowest BCUT2D eigenvalue weighted by Crippen LogP contribution is -2.39. The van der Waals surface area contributed by atoms with E-state index in [1.165, 1.54) is 38.6 Å². The Kier molecular flexibility index (Phi) is 3.68. The summed E-state index contributed by atoms with van der Waals surface area (Å²) in [6.45, 7) is 3.91. The quantitative estimate of drug-likeness (QED) is 0.929. The van der Waals surface area contributed by atoms with Crippen molar-refractivity contribution in [3.05, 3.63) is 11.8 Å². The number of hydrogen-bond donors (Lipinski definition) is 1. The van der Waals surface area contributed by atoms with E-state index in [0.29, 0.717) is 12.2 Å². The molecular weight excluding hydrogens is 278 g/mol. The zero-order chi connectivity index (χ0) is 15.1. The lowest BCUT2D eigenvalue weighted by molar-refractivity contribution is -0.116. The van der Waals surface area contributed by atoms with Crippen molar-refractivity contribution < 1.29 is 9.32 Å². The maximum atomic E-state index is 12.1. The number of carbonyl (C=O) groups is 1. The number of aromatic nitrogens is 1. The first-order valence-electron chi connectivity index (χ1n) is 8.63. The van der Waals surface area contributed by atoms with Crippen molar-refractivity contribution in [2.24, 2.45) is 17.8 Å². The zero-order valence-electron chi connectivity index (χ0n) is 13.3. The molecule has 1 amide bonds. The molecule has 4 atom stereocenters. The second-order valence-corrected chi connectivity index (χ2v) is 7.55. The number of nitrogens with zero attached hydrogens (tertiary/aromatic N) is 2. The third-order valence-electron chi connectivity index (χ3n) is 5.74. The molecule has 5 nitrogen and oxygen atoms in total. The van der Waals surface area contributed by atoms with Gasteiger partial charge in [-0.15, -0.1) is 0 Å². The number of aryl methyl sites for hydroxylation is 1. The molecule has 4 aliphatic rings. The number of carbonyl (C=O) groups excluding carboxylic acids is 1. The number of fused-ring (bicyclic) bond motifs is 1. The molecule has 1 aromatic heterocycles. The van der Waals surface area contributed by atoms with Crippen LogP contribution in [0.25, 0.3) is 0 Å². The Morgan fingerprint density at radius 3 is 2.68 bits per heavy atom. The highest BCUT2D eigenvalue weighted by Crippen LogP contribution is 2.47. The summed E-state index contributed by atoms with van der Waals surface area (Å²) in [4.78, 5) is 14.7. The molecule has 2 aliphatic heterocycles. The summed E-state index contributed by atoms with van der Waals surface area (Å²) in [6, 6.07) is 2.48. The molecule has 0 aromatic carbocycles. The molecule has 2 unspecified atom stereocenters. The Morgan fingerprint density at radius 2 is 2.00 bits per heavy atom. The summed E-state index contributed by atoms with van der Waals surface area (Å²) in [5.74, 6) is 4.07. The lowest BCUT2D eigenvalue weighted by atomic mass is 9.68. The fourth-order valence-corrected chi connectivity index (χ4v) is 5.03. The van der Waals surface area contributed by atoms with Gasteiger partial charge >= 0.3 is 0 Å². The SMILES string of the molecule is Cc1cc(NC(=O)CCN2CC3C[C@@H]4CC2C[C@H](C3)C4)no1. The Hall–Kier alpha value is -1.36. The average molecular weight is 303 g/mol. The van der Waals surface area contributed by atoms with Crippen molar-refractivity contribution in [3.63, 3.8) is 0 Å². The molecule has 120 valence electrons. The van der Waals surface area contributed by atoms with Gasteiger partial charge in [0.1, 0.15) is 5.76 Å². The van der Waals surface area contributed by atoms with E-state index in [4.69, 9.17) is 4.52 Å². The van der Waals surface area contributed by atoms with Crippen LogP contribution < -0.4 is 5.32 Å². The minimum atomic E-state index is 0.0391. The van der Waals surface area contributed by atoms with Crippen LogP contribution in [0.5, 0.6) is 0 Å². The van der Waals surface area contributed by atoms with E-state index in [1.54, 1.807) is 6.07 Å². The van der Waals surface area contributed by atoms with Crippen LogP contribution in [0.2, 0.25) is 0 Å². The van der Waals surface area contributed by atoms with Gasteiger partial charge in [-0.3, -0.25) is 9.69 Å². The molecule has 1 aromatic rings. The summed E-state index contributed by atoms with van der Waals surface area (Å²) in [5, 5.41) is 6.64. The standard InChI is InChI=1S/C17H25N3O2/c1-11-4-16(19-22-11)18-17(21)2-3-20-10-14-6-12-5-13(7-14)9-15(20)8-12/h4,12-15H,2-3,5-10H2,1H3,(H,18,19,21)/t12-,13+,14?,15?. The second kappa shape index (κ2) is 5.69. The van der Waals surface area contributed by atoms with Crippen LogP contribution in [-0.4, -0.2) is 35.1 Å². The van der Waals surface area contributed by atoms with Gasteiger partial charge in [-0.05, 0) is 56.8 Å². The summed E-state index contributed by atoms with van der Waals surface area (Å²) in [6.07, 6.45) is 7.58. The molecule has 22 heavy (non-hydrogen) atoms. The van der Waals surface area contributed by atoms with Crippen molar-refractivity contribution in [1.82, 2.24) is 10.1 Å². The summed E-state index contributed by atoms with van der Waals surface area (Å²) in [5.41, 5.74) is 0. The fourth-order valence-electron chi connectivity index (χ4n) is 5.03. The third-order valence-corrected chi connectivity index (χ3v) is 5.74. The van der Waals surface area contributed by atoms with Crippen LogP contribution in [0.15, 0.2) is 10.6 Å². The van der Waals surface area contributed by atoms with Crippen molar-refractivity contribution in [2.45, 2.75) is 51.5 Å². The normalized spacial score (nSPS) is 33.9. The van der Waals surface area contributed by atoms with Gasteiger partial charge in [-0.1, -0.05) is 5.16 Å². The Bertz CT molecular complexity index is 542. The van der Waals surface area contributed by atoms with E-state index in [0.717, 1.165) is 36.1 Å². The van der Waals surface area contributed by atoms with E-state index in [1.807, 2.05) is 6.92 Å². The molecule has 2 saturated carbocycles. The predicted octanol–water partition coefficient (Wildman–Crippen LogP) is 2.82. The number of rotatable bonds is 4. The molecule has 2 aliphatic carbocycles. The zero-order valence-corrected chi connectivity index (χ0v) is 13.3. The van der Waals surface area contributed by atoms with Gasteiger partial charge in [0.05, 0.1) is 0 Å². The van der Waals surface area contributed by atoms with Gasteiger partial charge in [-0.2, -0.15) is 0 Å². The van der Waals surface area contributed by atoms with Gasteiger partial charge in [0, 0.05) is 31.6 Å². The monoisotopic (exact) mass is 303 g/mol. The maximum Gasteiger partial charge on any atom is 0.226 e. The topological polar surface area (TPSA) is 58.4 Å². The second-order valence-electron chi connectivity index (χ2n) is 7.55. The van der Waals surface area contributed by atoms with Crippen LogP contribution in [0.3, 0.4) is 0 Å². The van der Waals surface area contributed by atoms with Crippen LogP contribution >= 0.6 is 0 Å². The van der Waals surface area contributed by atoms with E-state index in [-0.39, 0.29) is 5.91 Å². The van der Waals surface area contributed by atoms with Gasteiger partial charge in [-0.25, -0.2) is 0 Å². The minimum absolute atomic E-state index is 0.0391. The molecule has 4 bridgehead atoms. The molecule has 2 saturated heterocycles. The Labute approximate surface area is 131 Å². The molecular formula is C17H25N3O2. The van der Waals surface area contributed by atoms with E-state index in [2.05, 4.69) is 15.4 Å². The van der Waals surface area contributed by atoms with Crippen LogP contribution in [-0.2, 0) is 4.79 Å². The Morgan fingerprint density at radius 1 is 1.27 bits per heavy atom. The van der Waals surface area contributed by atoms with Crippen molar-refractivity contribution in [1.29, 1.82) is 0 Å². The van der Waals surface area contributed by atoms with Gasteiger partial charge in [0.25, 0.3) is 0 Å². The van der Waals surface area contributed by atoms with E-state index < -0.39 is 0 Å². The van der Waals surface area contributed by atoms with Crippen molar-refractivity contribution >= 4 is 11.7 Å². The predicted molar refractivity (Wildman–Crippen MR) is 83.4 cm³/mol. The summed E-state index contributed by atoms with van der Waals surface area (Å²) < 4.78 is 4.97. The lowest BCUT2D eigenvalue weighted by Gasteiger charge is -2.39. The molecule has 0 radical (unpaired) electrons. The number of anilines is 1. The molecule has 4 fully saturated rings. The van der Waals surface area contributed by atoms with Crippen LogP contribution in [0.1, 0.15) is 44.3 Å². The van der Waals surface area contributed by atoms with Gasteiger partial charge < -0.3 is 9.84 Å². The largest absolute Gasteiger partial charge is 0.360 e. The Balaban J connectivity index is 1.32. The number of nitrogens with one attached hydrogen (secondary N) is 1. The first kappa shape index (κ1) is 14.2. The molecule has 3 heterocycles. The number of amides is 1. The maximum absolute atomic E-state index is 12.1. The highest BCUT2D eigenvalue weighted by atomic mass is 16.5. The third kappa shape index (κ3) is 2.91. The molecule has 0 spiro atoms. The summed E-state index contributed by atoms with van der Waals surface area (Å²) >= 11 is 0.